The summed E-state index contributed by atoms with van der Waals surface area (Å²) in [4.78, 5) is 52.6. The van der Waals surface area contributed by atoms with Gasteiger partial charge in [-0.15, -0.1) is 0 Å². The van der Waals surface area contributed by atoms with Crippen LogP contribution in [0.25, 0.3) is 49.3 Å². The monoisotopic (exact) mass is 799 g/mol. The molecule has 0 unspecified atom stereocenters. The van der Waals surface area contributed by atoms with Crippen LogP contribution in [0.2, 0.25) is 0 Å². The lowest BCUT2D eigenvalue weighted by Gasteiger charge is -2.19. The van der Waals surface area contributed by atoms with E-state index in [0.29, 0.717) is 38.2 Å². The molecule has 0 N–H and O–H groups in total. The molecule has 0 aliphatic heterocycles. The van der Waals surface area contributed by atoms with Crippen LogP contribution in [0.5, 0.6) is 34.5 Å². The van der Waals surface area contributed by atoms with Crippen LogP contribution in [0.15, 0.2) is 63.9 Å². The van der Waals surface area contributed by atoms with Crippen LogP contribution in [0.4, 0.5) is 14.4 Å². The van der Waals surface area contributed by atoms with Crippen molar-refractivity contribution in [3.8, 4) is 45.6 Å². The van der Waals surface area contributed by atoms with Gasteiger partial charge in [0.1, 0.15) is 27.9 Å². The summed E-state index contributed by atoms with van der Waals surface area (Å²) in [5.74, 6) is 0.624. The summed E-state index contributed by atoms with van der Waals surface area (Å²) in [6.07, 6.45) is -1.20. The van der Waals surface area contributed by atoms with E-state index in [4.69, 9.17) is 47.0 Å². The van der Waals surface area contributed by atoms with Crippen LogP contribution in [0, 0.1) is 0 Å². The third-order valence-electron chi connectivity index (χ3n) is 8.33. The number of pyridine rings is 1. The molecule has 6 aromatic rings. The SMILES string of the molecule is COc1ccc(-c2c3c4cc(OC)c(OC(=O)OC(C)(C)C)cc4oc(=O)c3n3ccc4cc(OC(=O)OC(C)(C)C)c(OC)cc4c23)cc1OC(=O)OC(C)(C)C. The van der Waals surface area contributed by atoms with E-state index < -0.39 is 40.9 Å². The highest BCUT2D eigenvalue weighted by Crippen LogP contribution is 2.47. The smallest absolute Gasteiger partial charge is 0.493 e. The number of hydrogen-bond donors (Lipinski definition) is 0. The van der Waals surface area contributed by atoms with Crippen LogP contribution in [0.1, 0.15) is 62.3 Å². The Morgan fingerprint density at radius 2 is 1.03 bits per heavy atom. The maximum atomic E-state index is 14.2. The first kappa shape index (κ1) is 41.0. The second-order valence-corrected chi connectivity index (χ2v) is 16.2. The molecule has 0 atom stereocenters. The van der Waals surface area contributed by atoms with E-state index in [-0.39, 0.29) is 45.6 Å². The number of fused-ring (bicyclic) bond motifs is 7. The van der Waals surface area contributed by atoms with Gasteiger partial charge in [-0.1, -0.05) is 6.07 Å². The summed E-state index contributed by atoms with van der Waals surface area (Å²) in [5.41, 5.74) is -1.58. The normalized spacial score (nSPS) is 12.1. The van der Waals surface area contributed by atoms with Gasteiger partial charge in [0.2, 0.25) is 0 Å². The van der Waals surface area contributed by atoms with Crippen LogP contribution in [0.3, 0.4) is 0 Å². The van der Waals surface area contributed by atoms with Gasteiger partial charge in [-0.2, -0.15) is 0 Å². The van der Waals surface area contributed by atoms with Gasteiger partial charge in [0.15, 0.2) is 34.5 Å². The van der Waals surface area contributed by atoms with Gasteiger partial charge in [-0.3, -0.25) is 0 Å². The summed E-state index contributed by atoms with van der Waals surface area (Å²) in [5, 5.41) is 1.96. The first-order valence-electron chi connectivity index (χ1n) is 18.1. The predicted molar refractivity (Wildman–Crippen MR) is 214 cm³/mol. The van der Waals surface area contributed by atoms with Gasteiger partial charge in [0, 0.05) is 34.0 Å². The highest BCUT2D eigenvalue weighted by Gasteiger charge is 2.28. The van der Waals surface area contributed by atoms with Crippen LogP contribution in [-0.2, 0) is 14.2 Å². The number of carbonyl (C=O) groups is 3. The topological polar surface area (TPSA) is 169 Å². The van der Waals surface area contributed by atoms with Crippen molar-refractivity contribution in [1.82, 2.24) is 4.40 Å². The van der Waals surface area contributed by atoms with Crippen molar-refractivity contribution in [2.75, 3.05) is 21.3 Å². The van der Waals surface area contributed by atoms with Crippen LogP contribution >= 0.6 is 0 Å². The van der Waals surface area contributed by atoms with Crippen molar-refractivity contribution in [3.63, 3.8) is 0 Å². The zero-order chi connectivity index (χ0) is 42.5. The predicted octanol–water partition coefficient (Wildman–Crippen LogP) is 9.99. The van der Waals surface area contributed by atoms with E-state index in [2.05, 4.69) is 0 Å². The molecule has 58 heavy (non-hydrogen) atoms. The molecule has 0 aliphatic rings. The summed E-state index contributed by atoms with van der Waals surface area (Å²) < 4.78 is 57.5. The average molecular weight is 800 g/mol. The van der Waals surface area contributed by atoms with E-state index in [9.17, 15) is 19.2 Å². The Bertz CT molecular complexity index is 2670. The van der Waals surface area contributed by atoms with Gasteiger partial charge in [0.05, 0.1) is 26.8 Å². The maximum Gasteiger partial charge on any atom is 0.514 e. The number of aromatic nitrogens is 1. The molecule has 0 aliphatic carbocycles. The van der Waals surface area contributed by atoms with Crippen molar-refractivity contribution in [1.29, 1.82) is 0 Å². The minimum atomic E-state index is -0.991. The molecule has 0 bridgehead atoms. The van der Waals surface area contributed by atoms with Crippen LogP contribution in [-0.4, -0.2) is 61.0 Å². The van der Waals surface area contributed by atoms with Gasteiger partial charge < -0.3 is 51.4 Å². The fraction of sp³-hybridized carbons (Fsp3) is 0.349. The Morgan fingerprint density at radius 3 is 1.53 bits per heavy atom. The lowest BCUT2D eigenvalue weighted by atomic mass is 9.98. The number of nitrogens with zero attached hydrogens (tertiary/aromatic N) is 1. The number of ether oxygens (including phenoxy) is 9. The molecule has 0 radical (unpaired) electrons. The fourth-order valence-electron chi connectivity index (χ4n) is 6.26. The third-order valence-corrected chi connectivity index (χ3v) is 8.33. The Hall–Kier alpha value is -6.64. The molecule has 15 heteroatoms. The molecular weight excluding hydrogens is 754 g/mol. The number of benzene rings is 3. The van der Waals surface area contributed by atoms with Crippen molar-refractivity contribution < 1.29 is 61.4 Å². The molecule has 0 saturated carbocycles. The van der Waals surface area contributed by atoms with Crippen molar-refractivity contribution in [2.24, 2.45) is 0 Å². The second kappa shape index (κ2) is 15.0. The minimum Gasteiger partial charge on any atom is -0.493 e. The molecule has 3 aromatic heterocycles. The molecule has 0 amide bonds. The first-order chi connectivity index (χ1) is 27.1. The molecule has 0 saturated heterocycles. The van der Waals surface area contributed by atoms with E-state index in [0.717, 1.165) is 0 Å². The maximum absolute atomic E-state index is 14.2. The number of carbonyl (C=O) groups excluding carboxylic acids is 3. The lowest BCUT2D eigenvalue weighted by molar-refractivity contribution is 0.0188. The van der Waals surface area contributed by atoms with Gasteiger partial charge >= 0.3 is 24.1 Å². The van der Waals surface area contributed by atoms with E-state index in [1.165, 1.54) is 27.4 Å². The van der Waals surface area contributed by atoms with Crippen molar-refractivity contribution in [2.45, 2.75) is 79.1 Å². The molecule has 0 fully saturated rings. The zero-order valence-corrected chi connectivity index (χ0v) is 34.4. The van der Waals surface area contributed by atoms with E-state index in [1.54, 1.807) is 115 Å². The van der Waals surface area contributed by atoms with Crippen LogP contribution < -0.4 is 34.0 Å². The standard InChI is InChI=1S/C43H45NO14/c1-41(2,3)56-38(46)53-30-18-23(13-14-26(30)49-10)33-34-25-20-29(51-12)32(55-40(48)58-43(7,8)9)21-27(25)52-37(45)36(34)44-16-15-22-17-31(54-39(47)57-42(4,5)6)28(50-11)19-24(22)35(33)44/h13-21H,1-12H3. The quantitative estimate of drug-likeness (QED) is 0.0647. The molecule has 0 spiro atoms. The van der Waals surface area contributed by atoms with Gasteiger partial charge in [-0.25, -0.2) is 19.2 Å². The number of rotatable bonds is 7. The number of methoxy groups -OCH3 is 3. The highest BCUT2D eigenvalue weighted by molar-refractivity contribution is 6.22. The summed E-state index contributed by atoms with van der Waals surface area (Å²) in [6, 6.07) is 12.9. The Morgan fingerprint density at radius 1 is 0.552 bits per heavy atom. The Labute approximate surface area is 333 Å². The summed E-state index contributed by atoms with van der Waals surface area (Å²) in [7, 11) is 4.25. The molecular formula is C43H45NO14. The van der Waals surface area contributed by atoms with Crippen molar-refractivity contribution >= 4 is 56.6 Å². The largest absolute Gasteiger partial charge is 0.514 e. The first-order valence-corrected chi connectivity index (χ1v) is 18.1. The molecule has 15 nitrogen and oxygen atoms in total. The Balaban J connectivity index is 1.70. The van der Waals surface area contributed by atoms with E-state index >= 15 is 0 Å². The van der Waals surface area contributed by atoms with Gasteiger partial charge in [0.25, 0.3) is 0 Å². The molecule has 6 rings (SSSR count). The number of hydrogen-bond acceptors (Lipinski definition) is 14. The fourth-order valence-corrected chi connectivity index (χ4v) is 6.26. The Kier molecular flexibility index (Phi) is 10.6. The van der Waals surface area contributed by atoms with E-state index in [1.807, 2.05) is 0 Å². The lowest BCUT2D eigenvalue weighted by Crippen LogP contribution is -2.26. The summed E-state index contributed by atoms with van der Waals surface area (Å²) in [6.45, 7) is 15.4. The average Bonchev–Trinajstić information content (AvgIpc) is 3.45. The zero-order valence-electron chi connectivity index (χ0n) is 34.4. The van der Waals surface area contributed by atoms with Crippen molar-refractivity contribution in [3.05, 3.63) is 65.1 Å². The molecule has 306 valence electrons. The second-order valence-electron chi connectivity index (χ2n) is 16.2. The molecule has 3 aromatic carbocycles. The van der Waals surface area contributed by atoms with Gasteiger partial charge in [-0.05, 0) is 110 Å². The summed E-state index contributed by atoms with van der Waals surface area (Å²) >= 11 is 0. The minimum absolute atomic E-state index is 0.0329. The molecule has 3 heterocycles. The highest BCUT2D eigenvalue weighted by atomic mass is 16.7. The third kappa shape index (κ3) is 8.53.